The van der Waals surface area contributed by atoms with E-state index in [-0.39, 0.29) is 5.91 Å². The molecule has 2 aromatic rings. The Labute approximate surface area is 148 Å². The second kappa shape index (κ2) is 7.76. The van der Waals surface area contributed by atoms with Gasteiger partial charge in [0.25, 0.3) is 5.91 Å². The highest BCUT2D eigenvalue weighted by molar-refractivity contribution is 7.14. The van der Waals surface area contributed by atoms with Crippen molar-refractivity contribution < 1.29 is 9.59 Å². The van der Waals surface area contributed by atoms with Crippen LogP contribution in [0, 0.1) is 5.92 Å². The number of carbonyl (C=O) groups excluding carboxylic acids is 2. The molecule has 24 heavy (non-hydrogen) atoms. The molecule has 1 aliphatic rings. The summed E-state index contributed by atoms with van der Waals surface area (Å²) in [7, 11) is 0. The molecule has 0 bridgehead atoms. The topological polar surface area (TPSA) is 88.3 Å². The van der Waals surface area contributed by atoms with Gasteiger partial charge in [0.15, 0.2) is 5.13 Å². The highest BCUT2D eigenvalue weighted by Crippen LogP contribution is 2.26. The Morgan fingerprint density at radius 3 is 2.75 bits per heavy atom. The summed E-state index contributed by atoms with van der Waals surface area (Å²) in [5.74, 6) is 0.0934. The summed E-state index contributed by atoms with van der Waals surface area (Å²) in [6.45, 7) is 2.50. The highest BCUT2D eigenvalue weighted by Gasteiger charge is 2.22. The zero-order valence-electron chi connectivity index (χ0n) is 13.2. The summed E-state index contributed by atoms with van der Waals surface area (Å²) < 4.78 is 0. The maximum Gasteiger partial charge on any atom is 0.268 e. The largest absolute Gasteiger partial charge is 0.364 e. The van der Waals surface area contributed by atoms with Crippen LogP contribution in [0.15, 0.2) is 22.9 Å². The number of thiazole rings is 1. The molecule has 0 unspecified atom stereocenters. The number of primary amides is 1. The van der Waals surface area contributed by atoms with Gasteiger partial charge in [-0.25, -0.2) is 4.98 Å². The van der Waals surface area contributed by atoms with Gasteiger partial charge in [-0.05, 0) is 30.2 Å². The molecule has 6 nitrogen and oxygen atoms in total. The highest BCUT2D eigenvalue weighted by atomic mass is 32.1. The van der Waals surface area contributed by atoms with Crippen LogP contribution in [0.3, 0.4) is 0 Å². The van der Waals surface area contributed by atoms with Gasteiger partial charge in [-0.2, -0.15) is 0 Å². The van der Waals surface area contributed by atoms with Crippen molar-refractivity contribution in [3.63, 3.8) is 0 Å². The number of thiophene rings is 1. The maximum atomic E-state index is 11.9. The van der Waals surface area contributed by atoms with Gasteiger partial charge in [-0.1, -0.05) is 6.07 Å². The van der Waals surface area contributed by atoms with E-state index in [1.165, 1.54) is 11.3 Å². The van der Waals surface area contributed by atoms with Gasteiger partial charge in [-0.3, -0.25) is 9.59 Å². The minimum absolute atomic E-state index is 0.0888. The molecule has 0 aliphatic carbocycles. The average Bonchev–Trinajstić information content (AvgIpc) is 3.25. The minimum atomic E-state index is -0.485. The van der Waals surface area contributed by atoms with E-state index >= 15 is 0 Å². The van der Waals surface area contributed by atoms with E-state index in [1.54, 1.807) is 16.7 Å². The number of nitrogens with two attached hydrogens (primary N) is 1. The first-order valence-electron chi connectivity index (χ1n) is 7.91. The second-order valence-electron chi connectivity index (χ2n) is 5.87. The molecule has 0 atom stereocenters. The third-order valence-electron chi connectivity index (χ3n) is 4.13. The Hall–Kier alpha value is -1.93. The van der Waals surface area contributed by atoms with Crippen molar-refractivity contribution in [2.45, 2.75) is 19.3 Å². The fourth-order valence-corrected chi connectivity index (χ4v) is 4.32. The smallest absolute Gasteiger partial charge is 0.268 e. The molecule has 0 saturated carbocycles. The van der Waals surface area contributed by atoms with Gasteiger partial charge in [0.1, 0.15) is 5.69 Å². The van der Waals surface area contributed by atoms with Gasteiger partial charge in [-0.15, -0.1) is 22.7 Å². The van der Waals surface area contributed by atoms with Crippen molar-refractivity contribution in [3.8, 4) is 0 Å². The van der Waals surface area contributed by atoms with Gasteiger partial charge in [0.2, 0.25) is 5.91 Å². The maximum absolute atomic E-state index is 11.9. The lowest BCUT2D eigenvalue weighted by atomic mass is 9.97. The van der Waals surface area contributed by atoms with E-state index in [0.29, 0.717) is 18.0 Å². The summed E-state index contributed by atoms with van der Waals surface area (Å²) in [6.07, 6.45) is 2.47. The molecule has 1 aliphatic heterocycles. The van der Waals surface area contributed by atoms with Gasteiger partial charge < -0.3 is 16.0 Å². The molecule has 3 N–H and O–H groups in total. The Morgan fingerprint density at radius 2 is 2.12 bits per heavy atom. The van der Waals surface area contributed by atoms with Crippen LogP contribution in [0.1, 0.15) is 28.2 Å². The van der Waals surface area contributed by atoms with Crippen LogP contribution in [0.2, 0.25) is 0 Å². The lowest BCUT2D eigenvalue weighted by molar-refractivity contribution is -0.120. The normalized spacial score (nSPS) is 15.4. The number of nitrogens with zero attached hydrogens (tertiary/aromatic N) is 2. The quantitative estimate of drug-likeness (QED) is 0.819. The Balaban J connectivity index is 1.41. The van der Waals surface area contributed by atoms with Gasteiger partial charge >= 0.3 is 0 Å². The predicted molar refractivity (Wildman–Crippen MR) is 96.6 cm³/mol. The number of hydrogen-bond donors (Lipinski definition) is 2. The number of anilines is 1. The van der Waals surface area contributed by atoms with E-state index < -0.39 is 5.91 Å². The van der Waals surface area contributed by atoms with E-state index in [0.717, 1.165) is 42.5 Å². The zero-order chi connectivity index (χ0) is 16.9. The number of piperidine rings is 1. The Morgan fingerprint density at radius 1 is 1.33 bits per heavy atom. The molecule has 3 rings (SSSR count). The third kappa shape index (κ3) is 4.33. The van der Waals surface area contributed by atoms with Crippen LogP contribution in [0.4, 0.5) is 5.13 Å². The minimum Gasteiger partial charge on any atom is -0.364 e. The first kappa shape index (κ1) is 16.9. The van der Waals surface area contributed by atoms with E-state index in [4.69, 9.17) is 5.73 Å². The number of carbonyl (C=O) groups is 2. The molecular weight excluding hydrogens is 344 g/mol. The average molecular weight is 364 g/mol. The molecule has 0 spiro atoms. The predicted octanol–water partition coefficient (Wildman–Crippen LogP) is 1.88. The van der Waals surface area contributed by atoms with Crippen LogP contribution in [-0.2, 0) is 11.2 Å². The lowest BCUT2D eigenvalue weighted by Crippen LogP contribution is -2.39. The molecule has 1 fully saturated rings. The SMILES string of the molecule is NC(=O)c1csc(N2CCC(CNC(=O)Cc3cccs3)CC2)n1. The van der Waals surface area contributed by atoms with E-state index in [9.17, 15) is 9.59 Å². The fraction of sp³-hybridized carbons (Fsp3) is 0.438. The van der Waals surface area contributed by atoms with Crippen LogP contribution in [-0.4, -0.2) is 36.4 Å². The van der Waals surface area contributed by atoms with Crippen molar-refractivity contribution in [2.24, 2.45) is 11.7 Å². The van der Waals surface area contributed by atoms with Crippen molar-refractivity contribution >= 4 is 39.6 Å². The fourth-order valence-electron chi connectivity index (χ4n) is 2.74. The van der Waals surface area contributed by atoms with Crippen molar-refractivity contribution in [2.75, 3.05) is 24.5 Å². The Bertz CT molecular complexity index is 691. The standard InChI is InChI=1S/C16H20N4O2S2/c17-15(22)13-10-24-16(19-13)20-5-3-11(4-6-20)9-18-14(21)8-12-2-1-7-23-12/h1-2,7,10-11H,3-6,8-9H2,(H2,17,22)(H,18,21). The molecule has 1 saturated heterocycles. The number of aromatic nitrogens is 1. The van der Waals surface area contributed by atoms with Crippen molar-refractivity contribution in [1.29, 1.82) is 0 Å². The number of rotatable bonds is 6. The van der Waals surface area contributed by atoms with E-state index in [1.807, 2.05) is 17.5 Å². The summed E-state index contributed by atoms with van der Waals surface area (Å²) in [5.41, 5.74) is 5.57. The van der Waals surface area contributed by atoms with Crippen molar-refractivity contribution in [3.05, 3.63) is 33.5 Å². The molecule has 3 heterocycles. The van der Waals surface area contributed by atoms with Gasteiger partial charge in [0.05, 0.1) is 6.42 Å². The summed E-state index contributed by atoms with van der Waals surface area (Å²) in [5, 5.41) is 7.58. The van der Waals surface area contributed by atoms with Gasteiger partial charge in [0, 0.05) is 29.9 Å². The number of amides is 2. The van der Waals surface area contributed by atoms with Crippen LogP contribution in [0.5, 0.6) is 0 Å². The molecule has 0 aromatic carbocycles. The summed E-state index contributed by atoms with van der Waals surface area (Å²) >= 11 is 3.06. The van der Waals surface area contributed by atoms with E-state index in [2.05, 4.69) is 15.2 Å². The molecule has 2 amide bonds. The molecule has 0 radical (unpaired) electrons. The third-order valence-corrected chi connectivity index (χ3v) is 5.91. The second-order valence-corrected chi connectivity index (χ2v) is 7.74. The van der Waals surface area contributed by atoms with Crippen LogP contribution >= 0.6 is 22.7 Å². The van der Waals surface area contributed by atoms with Crippen LogP contribution < -0.4 is 16.0 Å². The first-order chi connectivity index (χ1) is 11.6. The van der Waals surface area contributed by atoms with Crippen molar-refractivity contribution in [1.82, 2.24) is 10.3 Å². The first-order valence-corrected chi connectivity index (χ1v) is 9.67. The molecule has 8 heteroatoms. The lowest BCUT2D eigenvalue weighted by Gasteiger charge is -2.31. The monoisotopic (exact) mass is 364 g/mol. The summed E-state index contributed by atoms with van der Waals surface area (Å²) in [4.78, 5) is 30.6. The zero-order valence-corrected chi connectivity index (χ0v) is 14.9. The number of nitrogens with one attached hydrogen (secondary N) is 1. The number of hydrogen-bond acceptors (Lipinski definition) is 6. The summed E-state index contributed by atoms with van der Waals surface area (Å²) in [6, 6.07) is 3.95. The Kier molecular flexibility index (Phi) is 5.47. The van der Waals surface area contributed by atoms with Crippen LogP contribution in [0.25, 0.3) is 0 Å². The molecule has 2 aromatic heterocycles. The molecule has 128 valence electrons. The molecular formula is C16H20N4O2S2.